The summed E-state index contributed by atoms with van der Waals surface area (Å²) in [7, 11) is 3.10. The van der Waals surface area contributed by atoms with E-state index in [1.165, 1.54) is 35.2 Å². The summed E-state index contributed by atoms with van der Waals surface area (Å²) in [6, 6.07) is 15.7. The second-order valence-electron chi connectivity index (χ2n) is 7.26. The van der Waals surface area contributed by atoms with Crippen molar-refractivity contribution in [1.29, 1.82) is 0 Å². The van der Waals surface area contributed by atoms with Crippen molar-refractivity contribution in [2.24, 2.45) is 0 Å². The molecule has 0 radical (unpaired) electrons. The van der Waals surface area contributed by atoms with Crippen molar-refractivity contribution >= 4 is 17.5 Å². The van der Waals surface area contributed by atoms with Gasteiger partial charge in [-0.15, -0.1) is 0 Å². The molecule has 1 aliphatic rings. The molecular formula is C24H20N2O7. The van der Waals surface area contributed by atoms with E-state index in [4.69, 9.17) is 14.2 Å². The van der Waals surface area contributed by atoms with Crippen LogP contribution in [0.1, 0.15) is 26.3 Å². The summed E-state index contributed by atoms with van der Waals surface area (Å²) in [5.41, 5.74) is 1.41. The highest BCUT2D eigenvalue weighted by Gasteiger charge is 2.35. The Bertz CT molecular complexity index is 1240. The zero-order valence-corrected chi connectivity index (χ0v) is 17.9. The van der Waals surface area contributed by atoms with Gasteiger partial charge in [-0.3, -0.25) is 24.6 Å². The Hall–Kier alpha value is -4.40. The van der Waals surface area contributed by atoms with Gasteiger partial charge in [0.25, 0.3) is 17.5 Å². The molecule has 4 rings (SSSR count). The van der Waals surface area contributed by atoms with E-state index in [1.54, 1.807) is 32.4 Å². The van der Waals surface area contributed by atoms with Gasteiger partial charge in [-0.05, 0) is 54.4 Å². The Kier molecular flexibility index (Phi) is 5.95. The lowest BCUT2D eigenvalue weighted by molar-refractivity contribution is -0.384. The molecule has 0 aliphatic carbocycles. The van der Waals surface area contributed by atoms with E-state index in [0.29, 0.717) is 35.0 Å². The number of methoxy groups -OCH3 is 2. The Balaban J connectivity index is 1.47. The van der Waals surface area contributed by atoms with Gasteiger partial charge in [-0.25, -0.2) is 0 Å². The number of nitrogens with zero attached hydrogens (tertiary/aromatic N) is 2. The first kappa shape index (κ1) is 21.8. The van der Waals surface area contributed by atoms with Crippen molar-refractivity contribution < 1.29 is 28.7 Å². The van der Waals surface area contributed by atoms with Gasteiger partial charge in [0.15, 0.2) is 11.5 Å². The lowest BCUT2D eigenvalue weighted by Crippen LogP contribution is -2.31. The minimum atomic E-state index is -0.500. The van der Waals surface area contributed by atoms with Crippen molar-refractivity contribution in [3.8, 4) is 23.0 Å². The van der Waals surface area contributed by atoms with Crippen LogP contribution in [0.15, 0.2) is 60.7 Å². The minimum Gasteiger partial charge on any atom is -0.493 e. The van der Waals surface area contributed by atoms with Crippen LogP contribution in [0.4, 0.5) is 5.69 Å². The van der Waals surface area contributed by atoms with Crippen molar-refractivity contribution in [2.75, 3.05) is 20.8 Å². The highest BCUT2D eigenvalue weighted by Crippen LogP contribution is 2.31. The topological polar surface area (TPSA) is 108 Å². The molecule has 9 heteroatoms. The second-order valence-corrected chi connectivity index (χ2v) is 7.26. The van der Waals surface area contributed by atoms with Gasteiger partial charge in [-0.2, -0.15) is 0 Å². The van der Waals surface area contributed by atoms with Crippen LogP contribution in [0.3, 0.4) is 0 Å². The molecule has 0 N–H and O–H groups in total. The molecule has 9 nitrogen and oxygen atoms in total. The van der Waals surface area contributed by atoms with Gasteiger partial charge in [0.05, 0.1) is 30.3 Å². The third-order valence-corrected chi connectivity index (χ3v) is 5.30. The average Bonchev–Trinajstić information content (AvgIpc) is 3.06. The van der Waals surface area contributed by atoms with Crippen LogP contribution in [0.5, 0.6) is 23.0 Å². The molecule has 1 aliphatic heterocycles. The molecule has 0 spiro atoms. The summed E-state index contributed by atoms with van der Waals surface area (Å²) in [5.74, 6) is 1.14. The fraction of sp³-hybridized carbons (Fsp3) is 0.167. The Labute approximate surface area is 189 Å². The summed E-state index contributed by atoms with van der Waals surface area (Å²) >= 11 is 0. The van der Waals surface area contributed by atoms with Crippen LogP contribution < -0.4 is 14.2 Å². The molecule has 0 fully saturated rings. The SMILES string of the molecule is COc1ccc(CCN2C(=O)c3ccc(Oc4ccc([N+](=O)[O-])cc4)cc3C2=O)cc1OC. The number of carbonyl (C=O) groups is 2. The smallest absolute Gasteiger partial charge is 0.269 e. The molecule has 0 bridgehead atoms. The van der Waals surface area contributed by atoms with Crippen molar-refractivity contribution in [1.82, 2.24) is 4.90 Å². The molecule has 2 amide bonds. The lowest BCUT2D eigenvalue weighted by Gasteiger charge is -2.14. The minimum absolute atomic E-state index is 0.0535. The maximum Gasteiger partial charge on any atom is 0.269 e. The third kappa shape index (κ3) is 4.33. The summed E-state index contributed by atoms with van der Waals surface area (Å²) in [5, 5.41) is 10.8. The van der Waals surface area contributed by atoms with Gasteiger partial charge < -0.3 is 14.2 Å². The normalized spacial score (nSPS) is 12.5. The highest BCUT2D eigenvalue weighted by atomic mass is 16.6. The number of nitro benzene ring substituents is 1. The van der Waals surface area contributed by atoms with Crippen LogP contribution in [-0.2, 0) is 6.42 Å². The summed E-state index contributed by atoms with van der Waals surface area (Å²) < 4.78 is 16.2. The van der Waals surface area contributed by atoms with E-state index in [-0.39, 0.29) is 23.7 Å². The predicted molar refractivity (Wildman–Crippen MR) is 118 cm³/mol. The van der Waals surface area contributed by atoms with Gasteiger partial charge >= 0.3 is 0 Å². The second kappa shape index (κ2) is 8.99. The van der Waals surface area contributed by atoms with Crippen LogP contribution in [-0.4, -0.2) is 42.4 Å². The van der Waals surface area contributed by atoms with E-state index < -0.39 is 10.8 Å². The molecule has 33 heavy (non-hydrogen) atoms. The number of imide groups is 1. The first-order valence-corrected chi connectivity index (χ1v) is 10.0. The number of ether oxygens (including phenoxy) is 3. The van der Waals surface area contributed by atoms with Crippen LogP contribution in [0.25, 0.3) is 0 Å². The van der Waals surface area contributed by atoms with Gasteiger partial charge in [0.2, 0.25) is 0 Å². The van der Waals surface area contributed by atoms with E-state index in [0.717, 1.165) is 5.56 Å². The fourth-order valence-electron chi connectivity index (χ4n) is 3.59. The summed E-state index contributed by atoms with van der Waals surface area (Å²) in [4.78, 5) is 37.2. The number of hydrogen-bond donors (Lipinski definition) is 0. The fourth-order valence-corrected chi connectivity index (χ4v) is 3.59. The average molecular weight is 448 g/mol. The van der Waals surface area contributed by atoms with Gasteiger partial charge in [-0.1, -0.05) is 6.07 Å². The lowest BCUT2D eigenvalue weighted by atomic mass is 10.1. The zero-order valence-electron chi connectivity index (χ0n) is 17.9. The highest BCUT2D eigenvalue weighted by molar-refractivity contribution is 6.21. The predicted octanol–water partition coefficient (Wildman–Crippen LogP) is 4.24. The number of carbonyl (C=O) groups excluding carboxylic acids is 2. The van der Waals surface area contributed by atoms with E-state index in [9.17, 15) is 19.7 Å². The monoisotopic (exact) mass is 448 g/mol. The Morgan fingerprint density at radius 2 is 1.48 bits per heavy atom. The van der Waals surface area contributed by atoms with Crippen LogP contribution in [0, 0.1) is 10.1 Å². The maximum absolute atomic E-state index is 12.9. The molecule has 0 atom stereocenters. The first-order chi connectivity index (χ1) is 15.9. The van der Waals surface area contributed by atoms with E-state index in [2.05, 4.69) is 0 Å². The molecule has 0 saturated heterocycles. The molecule has 3 aromatic carbocycles. The number of hydrogen-bond acceptors (Lipinski definition) is 7. The van der Waals surface area contributed by atoms with Crippen molar-refractivity contribution in [3.63, 3.8) is 0 Å². The van der Waals surface area contributed by atoms with Gasteiger partial charge in [0, 0.05) is 18.7 Å². The number of rotatable bonds is 8. The van der Waals surface area contributed by atoms with E-state index in [1.807, 2.05) is 12.1 Å². The quantitative estimate of drug-likeness (QED) is 0.288. The third-order valence-electron chi connectivity index (χ3n) is 5.30. The molecular weight excluding hydrogens is 428 g/mol. The van der Waals surface area contributed by atoms with Crippen LogP contribution in [0.2, 0.25) is 0 Å². The zero-order chi connectivity index (χ0) is 23.5. The number of nitro groups is 1. The molecule has 0 aromatic heterocycles. The van der Waals surface area contributed by atoms with Crippen molar-refractivity contribution in [3.05, 3.63) is 87.5 Å². The first-order valence-electron chi connectivity index (χ1n) is 10.0. The molecule has 1 heterocycles. The molecule has 3 aromatic rings. The Morgan fingerprint density at radius 1 is 0.818 bits per heavy atom. The maximum atomic E-state index is 12.9. The standard InChI is InChI=1S/C24H20N2O7/c1-31-21-10-3-15(13-22(21)32-2)11-12-25-23(27)19-9-8-18(14-20(19)24(25)28)33-17-6-4-16(5-7-17)26(29)30/h3-10,13-14H,11-12H2,1-2H3. The number of fused-ring (bicyclic) bond motifs is 1. The summed E-state index contributed by atoms with van der Waals surface area (Å²) in [6.07, 6.45) is 0.456. The largest absolute Gasteiger partial charge is 0.493 e. The van der Waals surface area contributed by atoms with Crippen LogP contribution >= 0.6 is 0 Å². The molecule has 0 saturated carbocycles. The van der Waals surface area contributed by atoms with Crippen molar-refractivity contribution in [2.45, 2.75) is 6.42 Å². The molecule has 0 unspecified atom stereocenters. The summed E-state index contributed by atoms with van der Waals surface area (Å²) in [6.45, 7) is 0.209. The molecule has 168 valence electrons. The number of non-ortho nitro benzene ring substituents is 1. The number of benzene rings is 3. The van der Waals surface area contributed by atoms with Gasteiger partial charge in [0.1, 0.15) is 11.5 Å². The number of amides is 2. The van der Waals surface area contributed by atoms with E-state index >= 15 is 0 Å². The Morgan fingerprint density at radius 3 is 2.15 bits per heavy atom.